The van der Waals surface area contributed by atoms with Crippen molar-refractivity contribution in [1.82, 2.24) is 9.07 Å². The topological polar surface area (TPSA) is 55.1 Å². The number of halogens is 1. The fourth-order valence-electron chi connectivity index (χ4n) is 0.934. The highest BCUT2D eigenvalue weighted by Gasteiger charge is 1.95. The van der Waals surface area contributed by atoms with Crippen molar-refractivity contribution in [2.45, 2.75) is 6.92 Å². The molecular formula is C9H9ClN2O2. The van der Waals surface area contributed by atoms with Gasteiger partial charge in [0.1, 0.15) is 0 Å². The van der Waals surface area contributed by atoms with Gasteiger partial charge in [-0.25, -0.2) is 9.07 Å². The number of carbonyl (C=O) groups is 1. The van der Waals surface area contributed by atoms with Crippen LogP contribution in [-0.2, 0) is 4.79 Å². The van der Waals surface area contributed by atoms with Gasteiger partial charge in [0, 0.05) is 36.5 Å². The van der Waals surface area contributed by atoms with Crippen LogP contribution >= 0.6 is 11.8 Å². The molecule has 0 aliphatic rings. The molecule has 0 saturated carbocycles. The van der Waals surface area contributed by atoms with Gasteiger partial charge < -0.3 is 5.11 Å². The molecule has 1 N–H and O–H groups in total. The molecule has 0 spiro atoms. The van der Waals surface area contributed by atoms with E-state index in [9.17, 15) is 0 Å². The second-order valence-corrected chi connectivity index (χ2v) is 2.93. The Morgan fingerprint density at radius 2 is 2.21 bits per heavy atom. The molecule has 0 amide bonds. The van der Waals surface area contributed by atoms with E-state index >= 15 is 0 Å². The van der Waals surface area contributed by atoms with Gasteiger partial charge in [0.15, 0.2) is 5.65 Å². The summed E-state index contributed by atoms with van der Waals surface area (Å²) in [6.45, 7) is 1.08. The number of nitrogens with zero attached hydrogens (tertiary/aromatic N) is 2. The molecule has 0 aliphatic carbocycles. The molecule has 14 heavy (non-hydrogen) atoms. The molecule has 2 aromatic rings. The Balaban J connectivity index is 0.000000213. The zero-order valence-corrected chi connectivity index (χ0v) is 8.27. The number of aromatic nitrogens is 2. The SMILES string of the molecule is CC(=O)O.Cln1ccc2cccnc21. The predicted molar refractivity (Wildman–Crippen MR) is 54.3 cm³/mol. The van der Waals surface area contributed by atoms with Crippen molar-refractivity contribution in [2.75, 3.05) is 0 Å². The van der Waals surface area contributed by atoms with E-state index in [0.29, 0.717) is 0 Å². The van der Waals surface area contributed by atoms with Gasteiger partial charge >= 0.3 is 0 Å². The number of carboxylic acid groups (broad SMARTS) is 1. The molecule has 0 unspecified atom stereocenters. The maximum absolute atomic E-state index is 9.00. The third-order valence-corrected chi connectivity index (χ3v) is 1.68. The first kappa shape index (κ1) is 10.5. The van der Waals surface area contributed by atoms with E-state index in [-0.39, 0.29) is 0 Å². The molecule has 4 nitrogen and oxygen atoms in total. The lowest BCUT2D eigenvalue weighted by atomic mass is 10.3. The summed E-state index contributed by atoms with van der Waals surface area (Å²) in [4.78, 5) is 13.1. The quantitative estimate of drug-likeness (QED) is 0.728. The minimum absolute atomic E-state index is 0.809. The number of pyridine rings is 1. The van der Waals surface area contributed by atoms with E-state index < -0.39 is 5.97 Å². The summed E-state index contributed by atoms with van der Waals surface area (Å²) in [6, 6.07) is 5.79. The summed E-state index contributed by atoms with van der Waals surface area (Å²) >= 11 is 5.73. The van der Waals surface area contributed by atoms with E-state index in [0.717, 1.165) is 18.0 Å². The highest BCUT2D eigenvalue weighted by Crippen LogP contribution is 2.12. The van der Waals surface area contributed by atoms with E-state index in [1.807, 2.05) is 18.2 Å². The van der Waals surface area contributed by atoms with Crippen LogP contribution in [0.3, 0.4) is 0 Å². The van der Waals surface area contributed by atoms with Crippen LogP contribution in [0.5, 0.6) is 0 Å². The third-order valence-electron chi connectivity index (χ3n) is 1.40. The molecule has 74 valence electrons. The summed E-state index contributed by atoms with van der Waals surface area (Å²) in [7, 11) is 0. The minimum Gasteiger partial charge on any atom is -0.481 e. The van der Waals surface area contributed by atoms with Crippen LogP contribution in [0.25, 0.3) is 11.0 Å². The monoisotopic (exact) mass is 212 g/mol. The number of aliphatic carboxylic acids is 1. The average molecular weight is 213 g/mol. The van der Waals surface area contributed by atoms with Gasteiger partial charge in [-0.15, -0.1) is 0 Å². The van der Waals surface area contributed by atoms with E-state index in [2.05, 4.69) is 4.98 Å². The standard InChI is InChI=1S/C7H5ClN2.C2H4O2/c8-10-5-3-6-2-1-4-9-7(6)10;1-2(3)4/h1-5H;1H3,(H,3,4). The van der Waals surface area contributed by atoms with Crippen molar-refractivity contribution in [3.05, 3.63) is 30.6 Å². The first-order chi connectivity index (χ1) is 6.61. The molecule has 2 heterocycles. The Morgan fingerprint density at radius 1 is 1.57 bits per heavy atom. The van der Waals surface area contributed by atoms with Crippen LogP contribution in [0, 0.1) is 0 Å². The molecule has 5 heteroatoms. The average Bonchev–Trinajstić information content (AvgIpc) is 2.48. The first-order valence-electron chi connectivity index (χ1n) is 3.89. The van der Waals surface area contributed by atoms with Gasteiger partial charge in [0.05, 0.1) is 0 Å². The molecule has 0 saturated heterocycles. The highest BCUT2D eigenvalue weighted by atomic mass is 35.5. The van der Waals surface area contributed by atoms with Crippen LogP contribution in [0.4, 0.5) is 0 Å². The molecule has 0 aliphatic heterocycles. The molecule has 0 aromatic carbocycles. The van der Waals surface area contributed by atoms with Crippen molar-refractivity contribution < 1.29 is 9.90 Å². The lowest BCUT2D eigenvalue weighted by Crippen LogP contribution is -1.78. The van der Waals surface area contributed by atoms with Crippen LogP contribution in [0.15, 0.2) is 30.6 Å². The van der Waals surface area contributed by atoms with Gasteiger partial charge in [0.2, 0.25) is 0 Å². The fourth-order valence-corrected chi connectivity index (χ4v) is 1.13. The smallest absolute Gasteiger partial charge is 0.300 e. The fraction of sp³-hybridized carbons (Fsp3) is 0.111. The first-order valence-corrected chi connectivity index (χ1v) is 4.23. The Bertz CT molecular complexity index is 435. The zero-order chi connectivity index (χ0) is 10.6. The Hall–Kier alpha value is -1.55. The third kappa shape index (κ3) is 2.74. The second kappa shape index (κ2) is 4.62. The highest BCUT2D eigenvalue weighted by molar-refractivity contribution is 6.18. The van der Waals surface area contributed by atoms with Crippen molar-refractivity contribution in [3.63, 3.8) is 0 Å². The van der Waals surface area contributed by atoms with Crippen LogP contribution in [0.2, 0.25) is 0 Å². The molecule has 0 fully saturated rings. The lowest BCUT2D eigenvalue weighted by Gasteiger charge is -1.88. The molecule has 2 rings (SSSR count). The Kier molecular flexibility index (Phi) is 3.48. The van der Waals surface area contributed by atoms with Crippen LogP contribution in [0.1, 0.15) is 6.92 Å². The molecular weight excluding hydrogens is 204 g/mol. The summed E-state index contributed by atoms with van der Waals surface area (Å²) in [5.74, 6) is -0.833. The number of carboxylic acids is 1. The van der Waals surface area contributed by atoms with E-state index in [1.165, 1.54) is 4.09 Å². The van der Waals surface area contributed by atoms with Crippen molar-refractivity contribution in [1.29, 1.82) is 0 Å². The van der Waals surface area contributed by atoms with Gasteiger partial charge in [-0.1, -0.05) is 0 Å². The van der Waals surface area contributed by atoms with Crippen LogP contribution in [-0.4, -0.2) is 20.1 Å². The zero-order valence-electron chi connectivity index (χ0n) is 7.51. The number of hydrogen-bond acceptors (Lipinski definition) is 2. The number of fused-ring (bicyclic) bond motifs is 1. The molecule has 0 radical (unpaired) electrons. The van der Waals surface area contributed by atoms with Gasteiger partial charge in [-0.3, -0.25) is 4.79 Å². The largest absolute Gasteiger partial charge is 0.481 e. The van der Waals surface area contributed by atoms with Crippen molar-refractivity contribution in [3.8, 4) is 0 Å². The molecule has 0 bridgehead atoms. The number of rotatable bonds is 0. The van der Waals surface area contributed by atoms with Crippen molar-refractivity contribution in [2.24, 2.45) is 0 Å². The molecule has 0 atom stereocenters. The maximum Gasteiger partial charge on any atom is 0.300 e. The maximum atomic E-state index is 9.00. The van der Waals surface area contributed by atoms with E-state index in [4.69, 9.17) is 21.7 Å². The summed E-state index contributed by atoms with van der Waals surface area (Å²) in [6.07, 6.45) is 3.50. The second-order valence-electron chi connectivity index (χ2n) is 2.56. The summed E-state index contributed by atoms with van der Waals surface area (Å²) in [5.41, 5.74) is 0.809. The predicted octanol–water partition coefficient (Wildman–Crippen LogP) is 2.13. The Labute approximate surface area is 85.9 Å². The normalized spacial score (nSPS) is 9.29. The molecule has 2 aromatic heterocycles. The van der Waals surface area contributed by atoms with Gasteiger partial charge in [-0.05, 0) is 18.2 Å². The Morgan fingerprint density at radius 3 is 2.79 bits per heavy atom. The minimum atomic E-state index is -0.833. The summed E-state index contributed by atoms with van der Waals surface area (Å²) in [5, 5.41) is 8.48. The van der Waals surface area contributed by atoms with E-state index in [1.54, 1.807) is 12.4 Å². The van der Waals surface area contributed by atoms with Crippen LogP contribution < -0.4 is 0 Å². The van der Waals surface area contributed by atoms with Gasteiger partial charge in [-0.2, -0.15) is 0 Å². The van der Waals surface area contributed by atoms with Crippen molar-refractivity contribution >= 4 is 28.8 Å². The summed E-state index contributed by atoms with van der Waals surface area (Å²) < 4.78 is 1.48. The lowest BCUT2D eigenvalue weighted by molar-refractivity contribution is -0.134. The van der Waals surface area contributed by atoms with Gasteiger partial charge in [0.25, 0.3) is 5.97 Å². The number of hydrogen-bond donors (Lipinski definition) is 1.